The van der Waals surface area contributed by atoms with Crippen LogP contribution in [-0.2, 0) is 27.7 Å². The molecule has 0 aliphatic heterocycles. The molecule has 0 aliphatic rings. The largest absolute Gasteiger partial charge is 0.478 e. The van der Waals surface area contributed by atoms with Crippen LogP contribution in [0.4, 0.5) is 4.70 Å². The molecule has 0 aliphatic carbocycles. The number of carboxylic acid groups (broad SMARTS) is 1. The van der Waals surface area contributed by atoms with Crippen LogP contribution in [0.3, 0.4) is 0 Å². The molecule has 1 aromatic carbocycles. The van der Waals surface area contributed by atoms with Gasteiger partial charge in [-0.15, -0.1) is 0 Å². The summed E-state index contributed by atoms with van der Waals surface area (Å²) in [5, 5.41) is 8.38. The molecule has 0 unspecified atom stereocenters. The molecular weight excluding hydrogens is 336 g/mol. The monoisotopic (exact) mass is 344 g/mol. The number of aromatic carboxylic acids is 1. The van der Waals surface area contributed by atoms with Crippen LogP contribution in [0, 0.1) is 0 Å². The molecule has 56 valence electrons. The Morgan fingerprint density at radius 1 is 1.18 bits per heavy atom. The first-order valence-electron chi connectivity index (χ1n) is 2.59. The van der Waals surface area contributed by atoms with Gasteiger partial charge in [0.25, 0.3) is 0 Å². The number of carbonyl (C=O) groups is 1. The smallest absolute Gasteiger partial charge is 0.335 e. The van der Waals surface area contributed by atoms with E-state index in [-0.39, 0.29) is 32.4 Å². The second-order valence-electron chi connectivity index (χ2n) is 1.67. The summed E-state index contributed by atoms with van der Waals surface area (Å²) in [6.45, 7) is 0. The van der Waals surface area contributed by atoms with Crippen LogP contribution in [0.25, 0.3) is 0 Å². The van der Waals surface area contributed by atoms with Gasteiger partial charge >= 0.3 is 5.97 Å². The molecule has 0 atom stereocenters. The van der Waals surface area contributed by atoms with Crippen molar-refractivity contribution in [2.24, 2.45) is 0 Å². The minimum absolute atomic E-state index is 0. The SMILES string of the molecule is F.O=C(O)c1ccccc1.[Hg]. The van der Waals surface area contributed by atoms with Crippen molar-refractivity contribution >= 4 is 5.97 Å². The predicted molar refractivity (Wildman–Crippen MR) is 35.9 cm³/mol. The van der Waals surface area contributed by atoms with Crippen molar-refractivity contribution in [1.29, 1.82) is 0 Å². The summed E-state index contributed by atoms with van der Waals surface area (Å²) >= 11 is 0. The minimum Gasteiger partial charge on any atom is -0.478 e. The van der Waals surface area contributed by atoms with Gasteiger partial charge in [-0.05, 0) is 12.1 Å². The van der Waals surface area contributed by atoms with Gasteiger partial charge in [0.05, 0.1) is 5.56 Å². The van der Waals surface area contributed by atoms with Crippen molar-refractivity contribution in [3.8, 4) is 0 Å². The second kappa shape index (κ2) is 6.28. The molecule has 0 amide bonds. The van der Waals surface area contributed by atoms with Gasteiger partial charge in [0.15, 0.2) is 0 Å². The maximum absolute atomic E-state index is 10.2. The van der Waals surface area contributed by atoms with E-state index >= 15 is 0 Å². The van der Waals surface area contributed by atoms with Crippen molar-refractivity contribution in [1.82, 2.24) is 0 Å². The van der Waals surface area contributed by atoms with Gasteiger partial charge in [-0.2, -0.15) is 0 Å². The van der Waals surface area contributed by atoms with Crippen molar-refractivity contribution in [2.45, 2.75) is 0 Å². The molecule has 1 rings (SSSR count). The molecule has 0 bridgehead atoms. The average Bonchev–Trinajstić information content (AvgIpc) is 1.90. The van der Waals surface area contributed by atoms with E-state index < -0.39 is 5.97 Å². The first-order chi connectivity index (χ1) is 4.30. The Bertz CT molecular complexity index is 213. The topological polar surface area (TPSA) is 37.3 Å². The third-order valence-corrected chi connectivity index (χ3v) is 1.02. The number of halogens is 1. The zero-order valence-electron chi connectivity index (χ0n) is 5.86. The number of hydrogen-bond acceptors (Lipinski definition) is 1. The molecule has 0 saturated heterocycles. The fourth-order valence-electron chi connectivity index (χ4n) is 0.581. The molecule has 0 radical (unpaired) electrons. The van der Waals surface area contributed by atoms with Crippen LogP contribution in [-0.4, -0.2) is 11.1 Å². The molecule has 1 N–H and O–H groups in total. The van der Waals surface area contributed by atoms with Gasteiger partial charge in [0, 0.05) is 27.7 Å². The minimum atomic E-state index is -0.879. The van der Waals surface area contributed by atoms with Crippen molar-refractivity contribution in [3.05, 3.63) is 35.9 Å². The van der Waals surface area contributed by atoms with E-state index in [9.17, 15) is 4.79 Å². The quantitative estimate of drug-likeness (QED) is 0.786. The third-order valence-electron chi connectivity index (χ3n) is 1.02. The van der Waals surface area contributed by atoms with E-state index in [0.29, 0.717) is 5.56 Å². The van der Waals surface area contributed by atoms with E-state index in [1.807, 2.05) is 0 Å². The first-order valence-corrected chi connectivity index (χ1v) is 2.59. The average molecular weight is 343 g/mol. The summed E-state index contributed by atoms with van der Waals surface area (Å²) in [5.41, 5.74) is 0.331. The Kier molecular flexibility index (Phi) is 7.51. The van der Waals surface area contributed by atoms with Gasteiger partial charge in [0.2, 0.25) is 0 Å². The van der Waals surface area contributed by atoms with E-state index in [1.165, 1.54) is 0 Å². The van der Waals surface area contributed by atoms with Gasteiger partial charge in [-0.1, -0.05) is 18.2 Å². The molecule has 0 aromatic heterocycles. The van der Waals surface area contributed by atoms with Crippen LogP contribution in [0.15, 0.2) is 30.3 Å². The molecule has 2 nitrogen and oxygen atoms in total. The van der Waals surface area contributed by atoms with Crippen molar-refractivity contribution in [3.63, 3.8) is 0 Å². The molecule has 4 heteroatoms. The summed E-state index contributed by atoms with van der Waals surface area (Å²) < 4.78 is 0. The van der Waals surface area contributed by atoms with Crippen LogP contribution < -0.4 is 0 Å². The van der Waals surface area contributed by atoms with Crippen molar-refractivity contribution in [2.75, 3.05) is 0 Å². The summed E-state index contributed by atoms with van der Waals surface area (Å²) in [5.74, 6) is -0.879. The maximum Gasteiger partial charge on any atom is 0.335 e. The van der Waals surface area contributed by atoms with Crippen LogP contribution in [0.5, 0.6) is 0 Å². The van der Waals surface area contributed by atoms with E-state index in [0.717, 1.165) is 0 Å². The molecule has 11 heavy (non-hydrogen) atoms. The summed E-state index contributed by atoms with van der Waals surface area (Å²) in [7, 11) is 0. The second-order valence-corrected chi connectivity index (χ2v) is 1.67. The van der Waals surface area contributed by atoms with Gasteiger partial charge < -0.3 is 5.11 Å². The molecule has 0 fully saturated rings. The number of rotatable bonds is 1. The van der Waals surface area contributed by atoms with Gasteiger partial charge in [-0.3, -0.25) is 4.70 Å². The zero-order chi connectivity index (χ0) is 6.69. The van der Waals surface area contributed by atoms with Gasteiger partial charge in [0.1, 0.15) is 0 Å². The Morgan fingerprint density at radius 3 is 1.91 bits per heavy atom. The summed E-state index contributed by atoms with van der Waals surface area (Å²) in [4.78, 5) is 10.2. The van der Waals surface area contributed by atoms with E-state index in [2.05, 4.69) is 0 Å². The predicted octanol–water partition coefficient (Wildman–Crippen LogP) is 1.53. The Labute approximate surface area is 84.1 Å². The number of hydrogen-bond donors (Lipinski definition) is 1. The van der Waals surface area contributed by atoms with Crippen LogP contribution in [0.1, 0.15) is 10.4 Å². The first kappa shape index (κ1) is 13.2. The maximum atomic E-state index is 10.2. The Morgan fingerprint density at radius 2 is 1.64 bits per heavy atom. The normalized spacial score (nSPS) is 7.27. The van der Waals surface area contributed by atoms with E-state index in [4.69, 9.17) is 5.11 Å². The molecule has 0 saturated carbocycles. The fraction of sp³-hybridized carbons (Fsp3) is 0. The van der Waals surface area contributed by atoms with Crippen LogP contribution >= 0.6 is 0 Å². The molecule has 1 aromatic rings. The molecule has 0 heterocycles. The van der Waals surface area contributed by atoms with Crippen molar-refractivity contribution < 1.29 is 42.3 Å². The summed E-state index contributed by atoms with van der Waals surface area (Å²) in [6.07, 6.45) is 0. The molecule has 0 spiro atoms. The van der Waals surface area contributed by atoms with E-state index in [1.54, 1.807) is 30.3 Å². The standard InChI is InChI=1S/C7H6O2.FH.Hg/c8-7(9)6-4-2-1-3-5-6;;/h1-5H,(H,8,9);1H;. The Hall–Kier alpha value is -0.445. The Balaban J connectivity index is 0. The number of benzene rings is 1. The summed E-state index contributed by atoms with van der Waals surface area (Å²) in [6, 6.07) is 8.30. The third kappa shape index (κ3) is 4.08. The fourth-order valence-corrected chi connectivity index (χ4v) is 0.581. The van der Waals surface area contributed by atoms with Gasteiger partial charge in [-0.25, -0.2) is 4.79 Å². The zero-order valence-corrected chi connectivity index (χ0v) is 11.4. The molecular formula is C7H7FHgO2. The number of carboxylic acids is 1. The van der Waals surface area contributed by atoms with Crippen LogP contribution in [0.2, 0.25) is 0 Å².